The van der Waals surface area contributed by atoms with Gasteiger partial charge in [-0.3, -0.25) is 0 Å². The van der Waals surface area contributed by atoms with Crippen LogP contribution in [0.4, 0.5) is 0 Å². The lowest BCUT2D eigenvalue weighted by atomic mass is 10.0. The molecule has 0 atom stereocenters. The highest BCUT2D eigenvalue weighted by Gasteiger charge is 2.14. The Morgan fingerprint density at radius 1 is 1.17 bits per heavy atom. The molecule has 0 radical (unpaired) electrons. The molecule has 0 aromatic rings. The van der Waals surface area contributed by atoms with Gasteiger partial charge in [0, 0.05) is 10.7 Å². The van der Waals surface area contributed by atoms with E-state index in [1.54, 1.807) is 0 Å². The summed E-state index contributed by atoms with van der Waals surface area (Å²) in [4.78, 5) is 0. The molecule has 0 bridgehead atoms. The molecule has 0 spiro atoms. The SMILES string of the molecule is CCCC(CCC)CS(=O)(=O)Cl. The zero-order valence-corrected chi connectivity index (χ0v) is 9.29. The second kappa shape index (κ2) is 5.81. The molecule has 0 aliphatic heterocycles. The first-order valence-corrected chi connectivity index (χ1v) is 6.89. The van der Waals surface area contributed by atoms with Gasteiger partial charge in [0.05, 0.1) is 5.75 Å². The zero-order valence-electron chi connectivity index (χ0n) is 7.72. The maximum absolute atomic E-state index is 10.8. The fourth-order valence-corrected chi connectivity index (χ4v) is 2.84. The Hall–Kier alpha value is 0.240. The molecule has 0 aromatic carbocycles. The van der Waals surface area contributed by atoms with Crippen LogP contribution in [0, 0.1) is 5.92 Å². The molecule has 0 saturated carbocycles. The molecule has 0 N–H and O–H groups in total. The van der Waals surface area contributed by atoms with Gasteiger partial charge in [0.25, 0.3) is 0 Å². The van der Waals surface area contributed by atoms with E-state index >= 15 is 0 Å². The van der Waals surface area contributed by atoms with E-state index < -0.39 is 9.05 Å². The van der Waals surface area contributed by atoms with Crippen LogP contribution in [0.3, 0.4) is 0 Å². The number of hydrogen-bond donors (Lipinski definition) is 0. The second-order valence-electron chi connectivity index (χ2n) is 3.15. The molecule has 4 heteroatoms. The molecule has 0 heterocycles. The van der Waals surface area contributed by atoms with Gasteiger partial charge >= 0.3 is 0 Å². The number of hydrogen-bond acceptors (Lipinski definition) is 2. The second-order valence-corrected chi connectivity index (χ2v) is 5.97. The Bertz CT molecular complexity index is 193. The summed E-state index contributed by atoms with van der Waals surface area (Å²) in [5.74, 6) is 0.387. The monoisotopic (exact) mass is 212 g/mol. The van der Waals surface area contributed by atoms with E-state index in [1.807, 2.05) is 0 Å². The highest BCUT2D eigenvalue weighted by Crippen LogP contribution is 2.17. The van der Waals surface area contributed by atoms with Gasteiger partial charge in [0.2, 0.25) is 9.05 Å². The van der Waals surface area contributed by atoms with Crippen LogP contribution < -0.4 is 0 Å². The predicted molar refractivity (Wildman–Crippen MR) is 52.9 cm³/mol. The van der Waals surface area contributed by atoms with Crippen LogP contribution in [-0.4, -0.2) is 14.2 Å². The van der Waals surface area contributed by atoms with Crippen molar-refractivity contribution in [2.24, 2.45) is 5.92 Å². The fourth-order valence-electron chi connectivity index (χ4n) is 1.41. The molecule has 12 heavy (non-hydrogen) atoms. The van der Waals surface area contributed by atoms with Crippen molar-refractivity contribution < 1.29 is 8.42 Å². The molecule has 0 aliphatic rings. The van der Waals surface area contributed by atoms with Crippen molar-refractivity contribution in [3.8, 4) is 0 Å². The first-order valence-electron chi connectivity index (χ1n) is 4.42. The number of rotatable bonds is 6. The van der Waals surface area contributed by atoms with Crippen LogP contribution in [0.2, 0.25) is 0 Å². The molecule has 2 nitrogen and oxygen atoms in total. The zero-order chi connectivity index (χ0) is 9.61. The Kier molecular flexibility index (Phi) is 5.93. The predicted octanol–water partition coefficient (Wildman–Crippen LogP) is 2.77. The highest BCUT2D eigenvalue weighted by molar-refractivity contribution is 8.13. The van der Waals surface area contributed by atoms with Gasteiger partial charge < -0.3 is 0 Å². The maximum Gasteiger partial charge on any atom is 0.232 e. The average molecular weight is 213 g/mol. The van der Waals surface area contributed by atoms with Crippen molar-refractivity contribution in [2.75, 3.05) is 5.75 Å². The molecule has 0 aromatic heterocycles. The third kappa shape index (κ3) is 6.92. The van der Waals surface area contributed by atoms with Gasteiger partial charge in [-0.05, 0) is 18.8 Å². The molecule has 0 rings (SSSR count). The summed E-state index contributed by atoms with van der Waals surface area (Å²) < 4.78 is 21.5. The van der Waals surface area contributed by atoms with Crippen molar-refractivity contribution in [1.82, 2.24) is 0 Å². The molecule has 0 saturated heterocycles. The van der Waals surface area contributed by atoms with Crippen LogP contribution in [0.25, 0.3) is 0 Å². The average Bonchev–Trinajstić information content (AvgIpc) is 1.84. The van der Waals surface area contributed by atoms with Gasteiger partial charge in [-0.25, -0.2) is 8.42 Å². The van der Waals surface area contributed by atoms with Crippen LogP contribution in [0.5, 0.6) is 0 Å². The molecule has 0 fully saturated rings. The molecular weight excluding hydrogens is 196 g/mol. The lowest BCUT2D eigenvalue weighted by Crippen LogP contribution is -2.11. The number of halogens is 1. The first-order chi connectivity index (χ1) is 5.49. The third-order valence-corrected chi connectivity index (χ3v) is 3.08. The summed E-state index contributed by atoms with van der Waals surface area (Å²) in [7, 11) is 1.88. The third-order valence-electron chi connectivity index (χ3n) is 1.83. The van der Waals surface area contributed by atoms with E-state index in [0.717, 1.165) is 25.7 Å². The largest absolute Gasteiger partial charge is 0.232 e. The standard InChI is InChI=1S/C8H17ClO2S/c1-3-5-8(6-4-2)7-12(9,10)11/h8H,3-7H2,1-2H3. The minimum Gasteiger partial charge on any atom is -0.212 e. The van der Waals surface area contributed by atoms with Crippen molar-refractivity contribution in [2.45, 2.75) is 39.5 Å². The van der Waals surface area contributed by atoms with Gasteiger partial charge in [-0.1, -0.05) is 26.7 Å². The molecule has 74 valence electrons. The van der Waals surface area contributed by atoms with Gasteiger partial charge in [-0.2, -0.15) is 0 Å². The maximum atomic E-state index is 10.8. The summed E-state index contributed by atoms with van der Waals surface area (Å²) in [6.07, 6.45) is 3.97. The van der Waals surface area contributed by atoms with Crippen molar-refractivity contribution in [3.05, 3.63) is 0 Å². The van der Waals surface area contributed by atoms with E-state index in [9.17, 15) is 8.42 Å². The summed E-state index contributed by atoms with van der Waals surface area (Å²) >= 11 is 0. The normalized spacial score (nSPS) is 12.3. The minimum absolute atomic E-state index is 0.135. The molecule has 0 amide bonds. The van der Waals surface area contributed by atoms with Crippen molar-refractivity contribution in [3.63, 3.8) is 0 Å². The Morgan fingerprint density at radius 2 is 1.58 bits per heavy atom. The van der Waals surface area contributed by atoms with Crippen molar-refractivity contribution in [1.29, 1.82) is 0 Å². The van der Waals surface area contributed by atoms with Crippen LogP contribution in [0.15, 0.2) is 0 Å². The van der Waals surface area contributed by atoms with Gasteiger partial charge in [0.15, 0.2) is 0 Å². The summed E-state index contributed by atoms with van der Waals surface area (Å²) in [5.41, 5.74) is 0. The Morgan fingerprint density at radius 3 is 1.83 bits per heavy atom. The van der Waals surface area contributed by atoms with Gasteiger partial charge in [0.1, 0.15) is 0 Å². The van der Waals surface area contributed by atoms with E-state index in [0.29, 0.717) is 0 Å². The molecular formula is C8H17ClO2S. The van der Waals surface area contributed by atoms with E-state index in [2.05, 4.69) is 13.8 Å². The lowest BCUT2D eigenvalue weighted by molar-refractivity contribution is 0.477. The highest BCUT2D eigenvalue weighted by atomic mass is 35.7. The minimum atomic E-state index is -3.30. The molecule has 0 aliphatic carbocycles. The van der Waals surface area contributed by atoms with Gasteiger partial charge in [-0.15, -0.1) is 0 Å². The van der Waals surface area contributed by atoms with E-state index in [4.69, 9.17) is 10.7 Å². The van der Waals surface area contributed by atoms with E-state index in [-0.39, 0.29) is 11.7 Å². The van der Waals surface area contributed by atoms with Crippen LogP contribution >= 0.6 is 10.7 Å². The lowest BCUT2D eigenvalue weighted by Gasteiger charge is -2.11. The summed E-state index contributed by atoms with van der Waals surface area (Å²) in [6, 6.07) is 0. The first kappa shape index (κ1) is 12.2. The quantitative estimate of drug-likeness (QED) is 0.635. The van der Waals surface area contributed by atoms with Crippen LogP contribution in [0.1, 0.15) is 39.5 Å². The summed E-state index contributed by atoms with van der Waals surface area (Å²) in [5, 5.41) is 0. The van der Waals surface area contributed by atoms with E-state index in [1.165, 1.54) is 0 Å². The topological polar surface area (TPSA) is 34.1 Å². The summed E-state index contributed by atoms with van der Waals surface area (Å²) in [6.45, 7) is 4.12. The smallest absolute Gasteiger partial charge is 0.212 e. The molecule has 0 unspecified atom stereocenters. The van der Waals surface area contributed by atoms with Crippen LogP contribution in [-0.2, 0) is 9.05 Å². The Balaban J connectivity index is 3.95. The fraction of sp³-hybridized carbons (Fsp3) is 1.00. The van der Waals surface area contributed by atoms with Crippen molar-refractivity contribution >= 4 is 19.7 Å². The Labute approximate surface area is 79.7 Å².